The first-order valence-corrected chi connectivity index (χ1v) is 9.30. The van der Waals surface area contributed by atoms with Gasteiger partial charge in [-0.25, -0.2) is 18.4 Å². The first-order valence-electron chi connectivity index (χ1n) is 7.34. The summed E-state index contributed by atoms with van der Waals surface area (Å²) in [6.45, 7) is 0. The Kier molecular flexibility index (Phi) is 6.27. The monoisotopic (exact) mass is 395 g/mol. The van der Waals surface area contributed by atoms with Crippen molar-refractivity contribution in [2.45, 2.75) is 17.0 Å². The molecule has 2 aromatic rings. The fraction of sp³-hybridized carbons (Fsp3) is 0.125. The van der Waals surface area contributed by atoms with Gasteiger partial charge in [0.1, 0.15) is 6.10 Å². The number of aliphatic carboxylic acids is 1. The van der Waals surface area contributed by atoms with E-state index in [1.807, 2.05) is 0 Å². The zero-order chi connectivity index (χ0) is 19.3. The number of hydrogen-bond donors (Lipinski definition) is 5. The van der Waals surface area contributed by atoms with Crippen LogP contribution in [0.1, 0.15) is 11.7 Å². The molecular weight excluding hydrogens is 378 g/mol. The Labute approximate surface area is 155 Å². The summed E-state index contributed by atoms with van der Waals surface area (Å²) >= 11 is 5.07. The number of nitrogens with one attached hydrogen (secondary N) is 2. The number of benzene rings is 2. The molecular formula is C16H17N3O5S2. The predicted molar refractivity (Wildman–Crippen MR) is 100.0 cm³/mol. The van der Waals surface area contributed by atoms with Gasteiger partial charge in [-0.3, -0.25) is 0 Å². The van der Waals surface area contributed by atoms with Crippen LogP contribution in [0.3, 0.4) is 0 Å². The first kappa shape index (κ1) is 19.8. The van der Waals surface area contributed by atoms with Gasteiger partial charge >= 0.3 is 5.97 Å². The van der Waals surface area contributed by atoms with E-state index in [-0.39, 0.29) is 10.0 Å². The van der Waals surface area contributed by atoms with E-state index in [0.29, 0.717) is 11.3 Å². The number of aliphatic hydroxyl groups is 1. The van der Waals surface area contributed by atoms with Gasteiger partial charge in [0.25, 0.3) is 0 Å². The maximum Gasteiger partial charge on any atom is 0.329 e. The smallest absolute Gasteiger partial charge is 0.329 e. The fourth-order valence-electron chi connectivity index (χ4n) is 2.15. The number of rotatable bonds is 6. The lowest BCUT2D eigenvalue weighted by molar-refractivity contribution is -0.142. The van der Waals surface area contributed by atoms with Crippen LogP contribution in [0.5, 0.6) is 0 Å². The van der Waals surface area contributed by atoms with Crippen molar-refractivity contribution < 1.29 is 23.4 Å². The average Bonchev–Trinajstić information content (AvgIpc) is 2.59. The number of nitrogens with two attached hydrogens (primary N) is 1. The van der Waals surface area contributed by atoms with Gasteiger partial charge < -0.3 is 20.8 Å². The molecule has 0 saturated heterocycles. The van der Waals surface area contributed by atoms with Crippen LogP contribution in [0, 0.1) is 0 Å². The van der Waals surface area contributed by atoms with E-state index in [1.54, 1.807) is 30.3 Å². The van der Waals surface area contributed by atoms with E-state index in [2.05, 4.69) is 10.6 Å². The van der Waals surface area contributed by atoms with Crippen LogP contribution in [0.2, 0.25) is 0 Å². The van der Waals surface area contributed by atoms with Crippen molar-refractivity contribution in [3.63, 3.8) is 0 Å². The quantitative estimate of drug-likeness (QED) is 0.452. The van der Waals surface area contributed by atoms with E-state index in [9.17, 15) is 23.4 Å². The van der Waals surface area contributed by atoms with Crippen molar-refractivity contribution in [2.75, 3.05) is 5.32 Å². The van der Waals surface area contributed by atoms with Crippen molar-refractivity contribution in [2.24, 2.45) is 5.14 Å². The molecule has 0 unspecified atom stereocenters. The van der Waals surface area contributed by atoms with Crippen molar-refractivity contribution in [3.8, 4) is 0 Å². The number of anilines is 1. The molecule has 0 fully saturated rings. The molecule has 26 heavy (non-hydrogen) atoms. The molecule has 6 N–H and O–H groups in total. The molecule has 8 nitrogen and oxygen atoms in total. The lowest BCUT2D eigenvalue weighted by Crippen LogP contribution is -2.46. The van der Waals surface area contributed by atoms with Gasteiger partial charge in [0.2, 0.25) is 10.0 Å². The summed E-state index contributed by atoms with van der Waals surface area (Å²) in [5, 5.41) is 29.9. The molecule has 0 radical (unpaired) electrons. The summed E-state index contributed by atoms with van der Waals surface area (Å²) in [7, 11) is -3.81. The van der Waals surface area contributed by atoms with Gasteiger partial charge in [0.05, 0.1) is 4.90 Å². The van der Waals surface area contributed by atoms with Crippen LogP contribution in [0.4, 0.5) is 5.69 Å². The highest BCUT2D eigenvalue weighted by atomic mass is 32.2. The number of thiocarbonyl (C=S) groups is 1. The molecule has 0 amide bonds. The van der Waals surface area contributed by atoms with E-state index < -0.39 is 28.1 Å². The molecule has 10 heteroatoms. The lowest BCUT2D eigenvalue weighted by atomic mass is 10.0. The van der Waals surface area contributed by atoms with Gasteiger partial charge in [-0.1, -0.05) is 30.3 Å². The number of primary sulfonamides is 1. The summed E-state index contributed by atoms with van der Waals surface area (Å²) in [5.41, 5.74) is 0.848. The molecule has 0 aliphatic rings. The molecule has 0 spiro atoms. The van der Waals surface area contributed by atoms with E-state index in [0.717, 1.165) is 0 Å². The zero-order valence-electron chi connectivity index (χ0n) is 13.4. The number of sulfonamides is 1. The second-order valence-corrected chi connectivity index (χ2v) is 7.31. The van der Waals surface area contributed by atoms with E-state index in [1.165, 1.54) is 24.3 Å². The third kappa shape index (κ3) is 5.23. The number of aliphatic hydroxyl groups excluding tert-OH is 1. The molecule has 0 aliphatic carbocycles. The van der Waals surface area contributed by atoms with Gasteiger partial charge in [-0.05, 0) is 42.0 Å². The highest BCUT2D eigenvalue weighted by molar-refractivity contribution is 7.89. The predicted octanol–water partition coefficient (Wildman–Crippen LogP) is 0.807. The van der Waals surface area contributed by atoms with Crippen LogP contribution in [-0.4, -0.2) is 35.8 Å². The number of hydrogen-bond acceptors (Lipinski definition) is 5. The van der Waals surface area contributed by atoms with Crippen LogP contribution in [0.15, 0.2) is 59.5 Å². The Morgan fingerprint density at radius 3 is 2.15 bits per heavy atom. The average molecular weight is 395 g/mol. The Morgan fingerprint density at radius 1 is 1.08 bits per heavy atom. The highest BCUT2D eigenvalue weighted by Crippen LogP contribution is 2.17. The zero-order valence-corrected chi connectivity index (χ0v) is 15.0. The van der Waals surface area contributed by atoms with Gasteiger partial charge in [0, 0.05) is 5.69 Å². The van der Waals surface area contributed by atoms with Crippen molar-refractivity contribution >= 4 is 39.0 Å². The third-order valence-electron chi connectivity index (χ3n) is 3.45. The van der Waals surface area contributed by atoms with Gasteiger partial charge in [-0.15, -0.1) is 0 Å². The molecule has 0 bridgehead atoms. The lowest BCUT2D eigenvalue weighted by Gasteiger charge is -2.22. The molecule has 2 atom stereocenters. The first-order chi connectivity index (χ1) is 12.2. The van der Waals surface area contributed by atoms with Crippen molar-refractivity contribution in [1.29, 1.82) is 0 Å². The van der Waals surface area contributed by atoms with Gasteiger partial charge in [-0.2, -0.15) is 0 Å². The normalized spacial score (nSPS) is 13.5. The standard InChI is InChI=1S/C16H17N3O5S2/c17-26(23,24)12-8-6-11(7-9-12)18-16(25)19-13(15(21)22)14(20)10-4-2-1-3-5-10/h1-9,13-14,20H,(H,21,22)(H2,17,23,24)(H2,18,19,25)/t13-,14+/m1/s1. The molecule has 0 heterocycles. The molecule has 2 rings (SSSR count). The molecule has 0 aliphatic heterocycles. The summed E-state index contributed by atoms with van der Waals surface area (Å²) < 4.78 is 22.4. The van der Waals surface area contributed by atoms with Crippen molar-refractivity contribution in [3.05, 3.63) is 60.2 Å². The Bertz CT molecular complexity index is 886. The Hall–Kier alpha value is -2.53. The minimum atomic E-state index is -3.81. The highest BCUT2D eigenvalue weighted by Gasteiger charge is 2.28. The summed E-state index contributed by atoms with van der Waals surface area (Å²) in [6.07, 6.45) is -1.32. The SMILES string of the molecule is NS(=O)(=O)c1ccc(NC(=S)N[C@@H](C(=O)O)[C@@H](O)c2ccccc2)cc1. The van der Waals surface area contributed by atoms with Crippen LogP contribution >= 0.6 is 12.2 Å². The molecule has 138 valence electrons. The van der Waals surface area contributed by atoms with Crippen LogP contribution in [-0.2, 0) is 14.8 Å². The topological polar surface area (TPSA) is 142 Å². The van der Waals surface area contributed by atoms with E-state index >= 15 is 0 Å². The van der Waals surface area contributed by atoms with Gasteiger partial charge in [0.15, 0.2) is 11.2 Å². The largest absolute Gasteiger partial charge is 0.480 e. The minimum absolute atomic E-state index is 0.0456. The summed E-state index contributed by atoms with van der Waals surface area (Å²) in [5.74, 6) is -1.28. The maximum absolute atomic E-state index is 11.5. The number of carbonyl (C=O) groups is 1. The third-order valence-corrected chi connectivity index (χ3v) is 4.60. The fourth-order valence-corrected chi connectivity index (χ4v) is 2.92. The Balaban J connectivity index is 2.07. The second kappa shape index (κ2) is 8.23. The molecule has 0 aromatic heterocycles. The maximum atomic E-state index is 11.5. The summed E-state index contributed by atoms with van der Waals surface area (Å²) in [6, 6.07) is 12.4. The number of carboxylic acid groups (broad SMARTS) is 1. The molecule has 2 aromatic carbocycles. The Morgan fingerprint density at radius 2 is 1.65 bits per heavy atom. The summed E-state index contributed by atoms with van der Waals surface area (Å²) in [4.78, 5) is 11.4. The van der Waals surface area contributed by atoms with Crippen LogP contribution < -0.4 is 15.8 Å². The van der Waals surface area contributed by atoms with Crippen molar-refractivity contribution in [1.82, 2.24) is 5.32 Å². The van der Waals surface area contributed by atoms with E-state index in [4.69, 9.17) is 17.4 Å². The minimum Gasteiger partial charge on any atom is -0.480 e. The molecule has 0 saturated carbocycles. The van der Waals surface area contributed by atoms with Crippen LogP contribution in [0.25, 0.3) is 0 Å². The number of carboxylic acids is 1. The second-order valence-electron chi connectivity index (χ2n) is 5.34.